The lowest BCUT2D eigenvalue weighted by Crippen LogP contribution is -2.34. The second kappa shape index (κ2) is 7.31. The van der Waals surface area contributed by atoms with E-state index in [1.165, 1.54) is 4.31 Å². The highest BCUT2D eigenvalue weighted by molar-refractivity contribution is 9.09. The summed E-state index contributed by atoms with van der Waals surface area (Å²) in [5, 5.41) is 0.457. The number of benzene rings is 1. The van der Waals surface area contributed by atoms with E-state index in [2.05, 4.69) is 15.9 Å². The SMILES string of the molecule is CCCCN(CCBr)S(=O)(=O)c1ccc(F)cc1F. The first kappa shape index (κ1) is 16.5. The molecule has 19 heavy (non-hydrogen) atoms. The molecule has 0 spiro atoms. The number of hydrogen-bond acceptors (Lipinski definition) is 2. The van der Waals surface area contributed by atoms with Crippen LogP contribution in [0, 0.1) is 11.6 Å². The third kappa shape index (κ3) is 4.22. The summed E-state index contributed by atoms with van der Waals surface area (Å²) in [6.45, 7) is 2.51. The highest BCUT2D eigenvalue weighted by atomic mass is 79.9. The number of hydrogen-bond donors (Lipinski definition) is 0. The Kier molecular flexibility index (Phi) is 6.35. The van der Waals surface area contributed by atoms with Gasteiger partial charge in [0.05, 0.1) is 0 Å². The van der Waals surface area contributed by atoms with E-state index in [0.717, 1.165) is 18.6 Å². The van der Waals surface area contributed by atoms with Gasteiger partial charge in [0.1, 0.15) is 16.5 Å². The fourth-order valence-corrected chi connectivity index (χ4v) is 3.79. The fourth-order valence-electron chi connectivity index (χ4n) is 1.60. The van der Waals surface area contributed by atoms with Gasteiger partial charge in [-0.1, -0.05) is 29.3 Å². The Balaban J connectivity index is 3.11. The maximum absolute atomic E-state index is 13.6. The van der Waals surface area contributed by atoms with Crippen molar-refractivity contribution in [2.45, 2.75) is 24.7 Å². The topological polar surface area (TPSA) is 37.4 Å². The molecule has 0 saturated heterocycles. The van der Waals surface area contributed by atoms with Crippen molar-refractivity contribution >= 4 is 26.0 Å². The van der Waals surface area contributed by atoms with Gasteiger partial charge in [-0.05, 0) is 18.6 Å². The summed E-state index contributed by atoms with van der Waals surface area (Å²) in [5.41, 5.74) is 0. The lowest BCUT2D eigenvalue weighted by Gasteiger charge is -2.21. The van der Waals surface area contributed by atoms with E-state index >= 15 is 0 Å². The molecule has 0 aliphatic heterocycles. The summed E-state index contributed by atoms with van der Waals surface area (Å²) in [7, 11) is -3.92. The second-order valence-electron chi connectivity index (χ2n) is 4.02. The van der Waals surface area contributed by atoms with Crippen LogP contribution in [-0.2, 0) is 10.0 Å². The molecule has 3 nitrogen and oxygen atoms in total. The highest BCUT2D eigenvalue weighted by Crippen LogP contribution is 2.20. The van der Waals surface area contributed by atoms with E-state index in [-0.39, 0.29) is 6.54 Å². The van der Waals surface area contributed by atoms with E-state index in [9.17, 15) is 17.2 Å². The maximum Gasteiger partial charge on any atom is 0.246 e. The average Bonchev–Trinajstić information content (AvgIpc) is 2.33. The zero-order chi connectivity index (χ0) is 14.5. The molecule has 0 fully saturated rings. The van der Waals surface area contributed by atoms with Gasteiger partial charge in [-0.25, -0.2) is 17.2 Å². The number of halogens is 3. The molecule has 0 amide bonds. The molecule has 0 unspecified atom stereocenters. The Morgan fingerprint density at radius 2 is 1.95 bits per heavy atom. The van der Waals surface area contributed by atoms with Crippen molar-refractivity contribution in [3.63, 3.8) is 0 Å². The fraction of sp³-hybridized carbons (Fsp3) is 0.500. The molecule has 0 atom stereocenters. The molecule has 7 heteroatoms. The van der Waals surface area contributed by atoms with E-state index < -0.39 is 26.6 Å². The lowest BCUT2D eigenvalue weighted by atomic mass is 10.3. The van der Waals surface area contributed by atoms with E-state index in [1.54, 1.807) is 0 Å². The van der Waals surface area contributed by atoms with Gasteiger partial charge in [0.2, 0.25) is 10.0 Å². The van der Waals surface area contributed by atoms with Crippen molar-refractivity contribution in [2.24, 2.45) is 0 Å². The molecule has 0 aliphatic rings. The average molecular weight is 356 g/mol. The standard InChI is InChI=1S/C12H16BrF2NO2S/c1-2-3-7-16(8-6-13)19(17,18)12-5-4-10(14)9-11(12)15/h4-5,9H,2-3,6-8H2,1H3. The zero-order valence-electron chi connectivity index (χ0n) is 10.6. The quantitative estimate of drug-likeness (QED) is 0.704. The van der Waals surface area contributed by atoms with Crippen LogP contribution in [0.15, 0.2) is 23.1 Å². The molecule has 0 aromatic heterocycles. The molecule has 1 rings (SSSR count). The molecular weight excluding hydrogens is 340 g/mol. The first-order chi connectivity index (χ1) is 8.93. The Morgan fingerprint density at radius 3 is 2.47 bits per heavy atom. The molecule has 0 N–H and O–H groups in total. The summed E-state index contributed by atoms with van der Waals surface area (Å²) < 4.78 is 52.3. The van der Waals surface area contributed by atoms with Crippen molar-refractivity contribution in [3.8, 4) is 0 Å². The summed E-state index contributed by atoms with van der Waals surface area (Å²) >= 11 is 3.18. The van der Waals surface area contributed by atoms with Crippen LogP contribution < -0.4 is 0 Å². The van der Waals surface area contributed by atoms with Gasteiger partial charge in [-0.15, -0.1) is 0 Å². The summed E-state index contributed by atoms with van der Waals surface area (Å²) in [5.74, 6) is -1.85. The molecule has 0 heterocycles. The smallest absolute Gasteiger partial charge is 0.207 e. The predicted octanol–water partition coefficient (Wildman–Crippen LogP) is 3.15. The van der Waals surface area contributed by atoms with Crippen molar-refractivity contribution < 1.29 is 17.2 Å². The van der Waals surface area contributed by atoms with Gasteiger partial charge in [0.15, 0.2) is 0 Å². The maximum atomic E-state index is 13.6. The van der Waals surface area contributed by atoms with Crippen LogP contribution in [0.5, 0.6) is 0 Å². The summed E-state index contributed by atoms with van der Waals surface area (Å²) in [4.78, 5) is -0.481. The number of alkyl halides is 1. The predicted molar refractivity (Wildman–Crippen MR) is 73.8 cm³/mol. The minimum atomic E-state index is -3.92. The van der Waals surface area contributed by atoms with Crippen LogP contribution in [0.2, 0.25) is 0 Å². The first-order valence-electron chi connectivity index (χ1n) is 5.94. The van der Waals surface area contributed by atoms with Crippen LogP contribution >= 0.6 is 15.9 Å². The van der Waals surface area contributed by atoms with E-state index in [1.807, 2.05) is 6.92 Å². The molecule has 0 radical (unpaired) electrons. The van der Waals surface area contributed by atoms with Gasteiger partial charge in [-0.3, -0.25) is 0 Å². The monoisotopic (exact) mass is 355 g/mol. The van der Waals surface area contributed by atoms with Crippen LogP contribution in [0.3, 0.4) is 0 Å². The van der Waals surface area contributed by atoms with Gasteiger partial charge in [-0.2, -0.15) is 4.31 Å². The van der Waals surface area contributed by atoms with Crippen LogP contribution in [-0.4, -0.2) is 31.1 Å². The third-order valence-electron chi connectivity index (χ3n) is 2.61. The van der Waals surface area contributed by atoms with Crippen LogP contribution in [0.4, 0.5) is 8.78 Å². The normalized spacial score (nSPS) is 12.1. The van der Waals surface area contributed by atoms with Gasteiger partial charge in [0.25, 0.3) is 0 Å². The molecule has 108 valence electrons. The molecule has 0 aliphatic carbocycles. The largest absolute Gasteiger partial charge is 0.246 e. The molecular formula is C12H16BrF2NO2S. The lowest BCUT2D eigenvalue weighted by molar-refractivity contribution is 0.417. The first-order valence-corrected chi connectivity index (χ1v) is 8.50. The molecule has 0 bridgehead atoms. The Hall–Kier alpha value is -0.530. The minimum Gasteiger partial charge on any atom is -0.207 e. The van der Waals surface area contributed by atoms with E-state index in [0.29, 0.717) is 24.4 Å². The number of rotatable bonds is 7. The zero-order valence-corrected chi connectivity index (χ0v) is 13.0. The van der Waals surface area contributed by atoms with E-state index in [4.69, 9.17) is 0 Å². The van der Waals surface area contributed by atoms with Crippen molar-refractivity contribution in [3.05, 3.63) is 29.8 Å². The number of sulfonamides is 1. The van der Waals surface area contributed by atoms with Crippen molar-refractivity contribution in [2.75, 3.05) is 18.4 Å². The highest BCUT2D eigenvalue weighted by Gasteiger charge is 2.26. The minimum absolute atomic E-state index is 0.249. The Bertz CT molecular complexity index is 522. The van der Waals surface area contributed by atoms with Crippen molar-refractivity contribution in [1.82, 2.24) is 4.31 Å². The third-order valence-corrected chi connectivity index (χ3v) is 4.89. The molecule has 0 saturated carbocycles. The van der Waals surface area contributed by atoms with Gasteiger partial charge >= 0.3 is 0 Å². The number of nitrogens with zero attached hydrogens (tertiary/aromatic N) is 1. The van der Waals surface area contributed by atoms with Crippen LogP contribution in [0.25, 0.3) is 0 Å². The Labute approximate surface area is 120 Å². The van der Waals surface area contributed by atoms with Gasteiger partial charge < -0.3 is 0 Å². The van der Waals surface area contributed by atoms with Gasteiger partial charge in [0, 0.05) is 24.5 Å². The summed E-state index contributed by atoms with van der Waals surface area (Å²) in [6, 6.07) is 2.49. The molecule has 1 aromatic rings. The second-order valence-corrected chi connectivity index (χ2v) is 6.72. The van der Waals surface area contributed by atoms with Crippen molar-refractivity contribution in [1.29, 1.82) is 0 Å². The molecule has 1 aromatic carbocycles. The Morgan fingerprint density at radius 1 is 1.26 bits per heavy atom. The summed E-state index contributed by atoms with van der Waals surface area (Å²) in [6.07, 6.45) is 1.52. The van der Waals surface area contributed by atoms with Crippen LogP contribution in [0.1, 0.15) is 19.8 Å². The number of unbranched alkanes of at least 4 members (excludes halogenated alkanes) is 1.